The van der Waals surface area contributed by atoms with Crippen LogP contribution in [-0.2, 0) is 4.79 Å². The van der Waals surface area contributed by atoms with Gasteiger partial charge in [0.1, 0.15) is 0 Å². The van der Waals surface area contributed by atoms with Gasteiger partial charge in [0.25, 0.3) is 0 Å². The van der Waals surface area contributed by atoms with Gasteiger partial charge in [0, 0.05) is 4.90 Å². The summed E-state index contributed by atoms with van der Waals surface area (Å²) in [5.74, 6) is 0.452. The van der Waals surface area contributed by atoms with Crippen molar-refractivity contribution in [3.8, 4) is 0 Å². The lowest BCUT2D eigenvalue weighted by molar-refractivity contribution is -0.143. The first kappa shape index (κ1) is 13.5. The molecule has 0 radical (unpaired) electrons. The first-order valence-corrected chi connectivity index (χ1v) is 7.66. The highest BCUT2D eigenvalue weighted by Gasteiger charge is 2.31. The first-order chi connectivity index (χ1) is 8.72. The van der Waals surface area contributed by atoms with E-state index in [2.05, 4.69) is 31.2 Å². The molecule has 18 heavy (non-hydrogen) atoms. The summed E-state index contributed by atoms with van der Waals surface area (Å²) in [6, 6.07) is 8.47. The Morgan fingerprint density at radius 3 is 2.56 bits per heavy atom. The van der Waals surface area contributed by atoms with Crippen LogP contribution in [0.2, 0.25) is 0 Å². The molecule has 1 aromatic rings. The maximum Gasteiger partial charge on any atom is 0.307 e. The van der Waals surface area contributed by atoms with Gasteiger partial charge in [-0.1, -0.05) is 31.9 Å². The van der Waals surface area contributed by atoms with Crippen LogP contribution in [0.4, 0.5) is 0 Å². The third kappa shape index (κ3) is 3.08. The van der Waals surface area contributed by atoms with E-state index in [0.717, 1.165) is 31.4 Å². The molecular weight excluding hydrogens is 244 g/mol. The van der Waals surface area contributed by atoms with Gasteiger partial charge in [0.2, 0.25) is 0 Å². The fraction of sp³-hybridized carbons (Fsp3) is 0.533. The number of carboxylic acids is 1. The van der Waals surface area contributed by atoms with Gasteiger partial charge in [-0.25, -0.2) is 0 Å². The Morgan fingerprint density at radius 1 is 1.28 bits per heavy atom. The van der Waals surface area contributed by atoms with Crippen molar-refractivity contribution in [2.75, 3.05) is 5.75 Å². The molecular formula is C15H20O2S. The van der Waals surface area contributed by atoms with E-state index in [1.165, 1.54) is 10.5 Å². The molecule has 2 rings (SSSR count). The summed E-state index contributed by atoms with van der Waals surface area (Å²) in [5, 5.41) is 9.30. The SMILES string of the molecule is CCSc1ccc(C2CCCCC2C(=O)O)cc1. The van der Waals surface area contributed by atoms with Crippen LogP contribution < -0.4 is 0 Å². The Balaban J connectivity index is 2.15. The number of hydrogen-bond donors (Lipinski definition) is 1. The smallest absolute Gasteiger partial charge is 0.307 e. The molecule has 0 heterocycles. The standard InChI is InChI=1S/C15H20O2S/c1-2-18-12-9-7-11(8-10-12)13-5-3-4-6-14(13)15(16)17/h7-10,13-14H,2-6H2,1H3,(H,16,17). The molecule has 1 aliphatic rings. The summed E-state index contributed by atoms with van der Waals surface area (Å²) in [6.45, 7) is 2.14. The second kappa shape index (κ2) is 6.28. The zero-order valence-electron chi connectivity index (χ0n) is 10.8. The highest BCUT2D eigenvalue weighted by atomic mass is 32.2. The minimum Gasteiger partial charge on any atom is -0.481 e. The number of benzene rings is 1. The van der Waals surface area contributed by atoms with Crippen LogP contribution in [0.15, 0.2) is 29.2 Å². The lowest BCUT2D eigenvalue weighted by atomic mass is 9.75. The molecule has 0 saturated heterocycles. The van der Waals surface area contributed by atoms with E-state index in [1.54, 1.807) is 0 Å². The summed E-state index contributed by atoms with van der Waals surface area (Å²) in [5.41, 5.74) is 1.20. The molecule has 98 valence electrons. The van der Waals surface area contributed by atoms with Crippen molar-refractivity contribution in [1.29, 1.82) is 0 Å². The Hall–Kier alpha value is -0.960. The van der Waals surface area contributed by atoms with Crippen molar-refractivity contribution in [1.82, 2.24) is 0 Å². The van der Waals surface area contributed by atoms with Crippen LogP contribution in [-0.4, -0.2) is 16.8 Å². The van der Waals surface area contributed by atoms with Crippen molar-refractivity contribution < 1.29 is 9.90 Å². The second-order valence-corrected chi connectivity index (χ2v) is 6.18. The normalized spacial score (nSPS) is 23.8. The zero-order valence-corrected chi connectivity index (χ0v) is 11.6. The van der Waals surface area contributed by atoms with Gasteiger partial charge >= 0.3 is 5.97 Å². The number of carbonyl (C=O) groups is 1. The minimum absolute atomic E-state index is 0.191. The van der Waals surface area contributed by atoms with Crippen molar-refractivity contribution in [2.24, 2.45) is 5.92 Å². The summed E-state index contributed by atoms with van der Waals surface area (Å²) in [6.07, 6.45) is 4.04. The van der Waals surface area contributed by atoms with E-state index < -0.39 is 5.97 Å². The van der Waals surface area contributed by atoms with Gasteiger partial charge in [-0.05, 0) is 42.2 Å². The molecule has 1 aliphatic carbocycles. The molecule has 0 spiro atoms. The van der Waals surface area contributed by atoms with Gasteiger partial charge in [-0.3, -0.25) is 4.79 Å². The molecule has 0 aliphatic heterocycles. The predicted molar refractivity (Wildman–Crippen MR) is 75.2 cm³/mol. The van der Waals surface area contributed by atoms with Crippen LogP contribution >= 0.6 is 11.8 Å². The highest BCUT2D eigenvalue weighted by Crippen LogP contribution is 2.38. The topological polar surface area (TPSA) is 37.3 Å². The minimum atomic E-state index is -0.633. The van der Waals surface area contributed by atoms with E-state index >= 15 is 0 Å². The van der Waals surface area contributed by atoms with E-state index in [0.29, 0.717) is 0 Å². The van der Waals surface area contributed by atoms with Crippen molar-refractivity contribution in [2.45, 2.75) is 43.4 Å². The maximum atomic E-state index is 11.3. The lowest BCUT2D eigenvalue weighted by Gasteiger charge is -2.28. The fourth-order valence-electron chi connectivity index (χ4n) is 2.80. The number of rotatable bonds is 4. The fourth-order valence-corrected chi connectivity index (χ4v) is 3.47. The van der Waals surface area contributed by atoms with Gasteiger partial charge < -0.3 is 5.11 Å². The van der Waals surface area contributed by atoms with Gasteiger partial charge in [0.15, 0.2) is 0 Å². The second-order valence-electron chi connectivity index (χ2n) is 4.84. The molecule has 3 heteroatoms. The van der Waals surface area contributed by atoms with E-state index in [4.69, 9.17) is 0 Å². The van der Waals surface area contributed by atoms with Gasteiger partial charge in [0.05, 0.1) is 5.92 Å². The van der Waals surface area contributed by atoms with E-state index in [9.17, 15) is 9.90 Å². The first-order valence-electron chi connectivity index (χ1n) is 6.68. The average Bonchev–Trinajstić information content (AvgIpc) is 2.40. The van der Waals surface area contributed by atoms with Gasteiger partial charge in [-0.15, -0.1) is 11.8 Å². The zero-order chi connectivity index (χ0) is 13.0. The number of aliphatic carboxylic acids is 1. The summed E-state index contributed by atoms with van der Waals surface area (Å²) in [7, 11) is 0. The van der Waals surface area contributed by atoms with Crippen molar-refractivity contribution in [3.05, 3.63) is 29.8 Å². The van der Waals surface area contributed by atoms with Gasteiger partial charge in [-0.2, -0.15) is 0 Å². The van der Waals surface area contributed by atoms with Crippen LogP contribution in [0.5, 0.6) is 0 Å². The monoisotopic (exact) mass is 264 g/mol. The molecule has 2 unspecified atom stereocenters. The Kier molecular flexibility index (Phi) is 4.70. The summed E-state index contributed by atoms with van der Waals surface area (Å²) >= 11 is 1.82. The number of thioether (sulfide) groups is 1. The molecule has 1 saturated carbocycles. The Bertz CT molecular complexity index is 399. The lowest BCUT2D eigenvalue weighted by Crippen LogP contribution is -2.25. The third-order valence-corrected chi connectivity index (χ3v) is 4.60. The van der Waals surface area contributed by atoms with Crippen LogP contribution in [0, 0.1) is 5.92 Å². The van der Waals surface area contributed by atoms with E-state index in [-0.39, 0.29) is 11.8 Å². The maximum absolute atomic E-state index is 11.3. The van der Waals surface area contributed by atoms with Crippen molar-refractivity contribution >= 4 is 17.7 Å². The number of carboxylic acid groups (broad SMARTS) is 1. The predicted octanol–water partition coefficient (Wildman–Crippen LogP) is 4.16. The average molecular weight is 264 g/mol. The molecule has 2 nitrogen and oxygen atoms in total. The summed E-state index contributed by atoms with van der Waals surface area (Å²) < 4.78 is 0. The number of hydrogen-bond acceptors (Lipinski definition) is 2. The Labute approximate surface area is 113 Å². The molecule has 0 aromatic heterocycles. The highest BCUT2D eigenvalue weighted by molar-refractivity contribution is 7.99. The molecule has 1 fully saturated rings. The molecule has 1 aromatic carbocycles. The summed E-state index contributed by atoms with van der Waals surface area (Å²) in [4.78, 5) is 12.6. The molecule has 0 amide bonds. The largest absolute Gasteiger partial charge is 0.481 e. The molecule has 0 bridgehead atoms. The molecule has 1 N–H and O–H groups in total. The quantitative estimate of drug-likeness (QED) is 0.830. The van der Waals surface area contributed by atoms with Crippen LogP contribution in [0.1, 0.15) is 44.1 Å². The third-order valence-electron chi connectivity index (χ3n) is 3.70. The van der Waals surface area contributed by atoms with Crippen LogP contribution in [0.3, 0.4) is 0 Å². The Morgan fingerprint density at radius 2 is 1.94 bits per heavy atom. The van der Waals surface area contributed by atoms with Crippen molar-refractivity contribution in [3.63, 3.8) is 0 Å². The van der Waals surface area contributed by atoms with E-state index in [1.807, 2.05) is 11.8 Å². The molecule has 2 atom stereocenters. The van der Waals surface area contributed by atoms with Crippen LogP contribution in [0.25, 0.3) is 0 Å².